The highest BCUT2D eigenvalue weighted by molar-refractivity contribution is 6.28. The van der Waals surface area contributed by atoms with Crippen molar-refractivity contribution in [1.29, 1.82) is 0 Å². The number of hydrogen-bond acceptors (Lipinski definition) is 3. The first-order chi connectivity index (χ1) is 18.2. The molecule has 5 aromatic carbocycles. The van der Waals surface area contributed by atoms with Crippen LogP contribution in [-0.4, -0.2) is 15.0 Å². The van der Waals surface area contributed by atoms with Crippen molar-refractivity contribution in [3.63, 3.8) is 0 Å². The van der Waals surface area contributed by atoms with Crippen LogP contribution in [0.3, 0.4) is 0 Å². The third-order valence-electron chi connectivity index (χ3n) is 6.28. The molecule has 0 spiro atoms. The molecule has 3 nitrogen and oxygen atoms in total. The molecule has 176 valence electrons. The van der Waals surface area contributed by atoms with E-state index in [0.29, 0.717) is 11.6 Å². The van der Waals surface area contributed by atoms with E-state index < -0.39 is 0 Å². The molecule has 0 aliphatic heterocycles. The summed E-state index contributed by atoms with van der Waals surface area (Å²) < 4.78 is 0. The molecule has 0 aliphatic rings. The summed E-state index contributed by atoms with van der Waals surface area (Å²) in [5, 5.41) is 0.179. The first kappa shape index (κ1) is 22.8. The maximum atomic E-state index is 6.24. The van der Waals surface area contributed by atoms with Gasteiger partial charge in [0.25, 0.3) is 0 Å². The number of rotatable bonds is 5. The minimum absolute atomic E-state index is 0.179. The van der Waals surface area contributed by atoms with Crippen molar-refractivity contribution in [2.24, 2.45) is 0 Å². The van der Waals surface area contributed by atoms with E-state index in [1.807, 2.05) is 48.5 Å². The summed E-state index contributed by atoms with van der Waals surface area (Å²) in [5.41, 5.74) is 8.84. The molecule has 0 saturated heterocycles. The van der Waals surface area contributed by atoms with Crippen LogP contribution in [0.1, 0.15) is 0 Å². The number of aromatic nitrogens is 3. The van der Waals surface area contributed by atoms with E-state index in [1.165, 1.54) is 22.3 Å². The van der Waals surface area contributed by atoms with Crippen LogP contribution in [0.4, 0.5) is 0 Å². The second kappa shape index (κ2) is 10.2. The minimum Gasteiger partial charge on any atom is -0.208 e. The zero-order valence-corrected chi connectivity index (χ0v) is 20.7. The Bertz CT molecular complexity index is 1660. The molecule has 0 bridgehead atoms. The van der Waals surface area contributed by atoms with Gasteiger partial charge in [-0.15, -0.1) is 0 Å². The summed E-state index contributed by atoms with van der Waals surface area (Å²) in [4.78, 5) is 13.3. The summed E-state index contributed by atoms with van der Waals surface area (Å²) in [5.74, 6) is 1.11. The van der Waals surface area contributed by atoms with Gasteiger partial charge in [-0.1, -0.05) is 121 Å². The Balaban J connectivity index is 1.30. The van der Waals surface area contributed by atoms with Crippen molar-refractivity contribution in [2.45, 2.75) is 0 Å². The van der Waals surface area contributed by atoms with Crippen molar-refractivity contribution < 1.29 is 0 Å². The van der Waals surface area contributed by atoms with Gasteiger partial charge < -0.3 is 0 Å². The lowest BCUT2D eigenvalue weighted by Crippen LogP contribution is -1.97. The van der Waals surface area contributed by atoms with E-state index in [9.17, 15) is 0 Å². The lowest BCUT2D eigenvalue weighted by Gasteiger charge is -2.09. The van der Waals surface area contributed by atoms with Gasteiger partial charge in [0.15, 0.2) is 11.6 Å². The predicted octanol–water partition coefficient (Wildman–Crippen LogP) is 8.86. The summed E-state index contributed by atoms with van der Waals surface area (Å²) >= 11 is 6.24. The molecule has 0 saturated carbocycles. The lowest BCUT2D eigenvalue weighted by atomic mass is 9.96. The molecule has 4 heteroatoms. The van der Waals surface area contributed by atoms with Crippen molar-refractivity contribution >= 4 is 11.6 Å². The van der Waals surface area contributed by atoms with Gasteiger partial charge in [0, 0.05) is 11.1 Å². The number of nitrogens with zero attached hydrogens (tertiary/aromatic N) is 3. The van der Waals surface area contributed by atoms with Crippen molar-refractivity contribution in [2.75, 3.05) is 0 Å². The SMILES string of the molecule is Clc1nc(-c2ccccc2)nc(-c2ccc(-c3cccc(-c4cccc(-c5ccccc5)c4)c3)cc2)n1. The normalized spacial score (nSPS) is 10.8. The number of hydrogen-bond donors (Lipinski definition) is 0. The van der Waals surface area contributed by atoms with Crippen molar-refractivity contribution in [3.8, 4) is 56.2 Å². The molecule has 37 heavy (non-hydrogen) atoms. The standard InChI is InChI=1S/C33H22ClN3/c34-33-36-31(25-11-5-2-6-12-25)35-32(37-33)26-19-17-24(18-20-26)28-14-8-16-30(22-28)29-15-7-13-27(21-29)23-9-3-1-4-10-23/h1-22H. The van der Waals surface area contributed by atoms with E-state index in [4.69, 9.17) is 11.6 Å². The van der Waals surface area contributed by atoms with Gasteiger partial charge in [0.05, 0.1) is 0 Å². The molecule has 0 unspecified atom stereocenters. The Kier molecular flexibility index (Phi) is 6.28. The fourth-order valence-electron chi connectivity index (χ4n) is 4.39. The Morgan fingerprint density at radius 2 is 0.676 bits per heavy atom. The van der Waals surface area contributed by atoms with E-state index in [2.05, 4.69) is 99.9 Å². The fourth-order valence-corrected chi connectivity index (χ4v) is 4.55. The van der Waals surface area contributed by atoms with Crippen LogP contribution in [0, 0.1) is 0 Å². The second-order valence-corrected chi connectivity index (χ2v) is 9.06. The molecule has 0 fully saturated rings. The first-order valence-electron chi connectivity index (χ1n) is 12.1. The Labute approximate surface area is 221 Å². The molecule has 0 N–H and O–H groups in total. The van der Waals surface area contributed by atoms with E-state index in [-0.39, 0.29) is 5.28 Å². The van der Waals surface area contributed by atoms with Crippen LogP contribution in [0.5, 0.6) is 0 Å². The van der Waals surface area contributed by atoms with Crippen molar-refractivity contribution in [3.05, 3.63) is 139 Å². The molecule has 1 aromatic heterocycles. The molecular formula is C33H22ClN3. The molecular weight excluding hydrogens is 474 g/mol. The minimum atomic E-state index is 0.179. The molecule has 6 aromatic rings. The first-order valence-corrected chi connectivity index (χ1v) is 12.4. The molecule has 0 atom stereocenters. The zero-order valence-electron chi connectivity index (χ0n) is 19.9. The predicted molar refractivity (Wildman–Crippen MR) is 152 cm³/mol. The molecule has 0 aliphatic carbocycles. The lowest BCUT2D eigenvalue weighted by molar-refractivity contribution is 1.07. The maximum Gasteiger partial charge on any atom is 0.226 e. The smallest absolute Gasteiger partial charge is 0.208 e. The van der Waals surface area contributed by atoms with Crippen LogP contribution in [0.2, 0.25) is 5.28 Å². The van der Waals surface area contributed by atoms with Gasteiger partial charge in [-0.05, 0) is 57.1 Å². The molecule has 1 heterocycles. The Morgan fingerprint density at radius 3 is 1.19 bits per heavy atom. The van der Waals surface area contributed by atoms with Gasteiger partial charge in [-0.25, -0.2) is 4.98 Å². The monoisotopic (exact) mass is 495 g/mol. The van der Waals surface area contributed by atoms with Gasteiger partial charge in [0.2, 0.25) is 5.28 Å². The van der Waals surface area contributed by atoms with Gasteiger partial charge >= 0.3 is 0 Å². The number of halogens is 1. The van der Waals surface area contributed by atoms with Gasteiger partial charge in [-0.3, -0.25) is 0 Å². The zero-order chi connectivity index (χ0) is 25.0. The van der Waals surface area contributed by atoms with E-state index in [0.717, 1.165) is 22.3 Å². The summed E-state index contributed by atoms with van der Waals surface area (Å²) in [6.07, 6.45) is 0. The summed E-state index contributed by atoms with van der Waals surface area (Å²) in [6, 6.07) is 45.8. The molecule has 0 amide bonds. The Hall–Kier alpha value is -4.60. The largest absolute Gasteiger partial charge is 0.226 e. The quantitative estimate of drug-likeness (QED) is 0.240. The Morgan fingerprint density at radius 1 is 0.324 bits per heavy atom. The highest BCUT2D eigenvalue weighted by Gasteiger charge is 2.10. The fraction of sp³-hybridized carbons (Fsp3) is 0. The highest BCUT2D eigenvalue weighted by atomic mass is 35.5. The van der Waals surface area contributed by atoms with Crippen LogP contribution in [-0.2, 0) is 0 Å². The van der Waals surface area contributed by atoms with Crippen LogP contribution < -0.4 is 0 Å². The van der Waals surface area contributed by atoms with Crippen molar-refractivity contribution in [1.82, 2.24) is 15.0 Å². The number of benzene rings is 5. The van der Waals surface area contributed by atoms with Crippen LogP contribution >= 0.6 is 11.6 Å². The third kappa shape index (κ3) is 5.04. The molecule has 6 rings (SSSR count). The third-order valence-corrected chi connectivity index (χ3v) is 6.45. The van der Waals surface area contributed by atoms with Gasteiger partial charge in [-0.2, -0.15) is 9.97 Å². The average molecular weight is 496 g/mol. The molecule has 0 radical (unpaired) electrons. The summed E-state index contributed by atoms with van der Waals surface area (Å²) in [6.45, 7) is 0. The van der Waals surface area contributed by atoms with Crippen LogP contribution in [0.15, 0.2) is 133 Å². The van der Waals surface area contributed by atoms with Crippen LogP contribution in [0.25, 0.3) is 56.2 Å². The summed E-state index contributed by atoms with van der Waals surface area (Å²) in [7, 11) is 0. The maximum absolute atomic E-state index is 6.24. The van der Waals surface area contributed by atoms with E-state index in [1.54, 1.807) is 0 Å². The van der Waals surface area contributed by atoms with Gasteiger partial charge in [0.1, 0.15) is 0 Å². The topological polar surface area (TPSA) is 38.7 Å². The average Bonchev–Trinajstić information content (AvgIpc) is 2.98. The second-order valence-electron chi connectivity index (χ2n) is 8.72. The van der Waals surface area contributed by atoms with E-state index >= 15 is 0 Å². The highest BCUT2D eigenvalue weighted by Crippen LogP contribution is 2.31.